The summed E-state index contributed by atoms with van der Waals surface area (Å²) in [6.45, 7) is 7.47. The van der Waals surface area contributed by atoms with Crippen LogP contribution in [-0.2, 0) is 23.9 Å². The molecule has 3 rings (SSSR count). The summed E-state index contributed by atoms with van der Waals surface area (Å²) in [7, 11) is 1.29. The van der Waals surface area contributed by atoms with Crippen molar-refractivity contribution in [2.75, 3.05) is 7.11 Å². The molecule has 0 saturated carbocycles. The zero-order valence-corrected chi connectivity index (χ0v) is 20.0. The number of ether oxygens (including phenoxy) is 2. The molecule has 1 heterocycles. The number of rotatable bonds is 5. The third kappa shape index (κ3) is 4.47. The molecule has 0 fully saturated rings. The van der Waals surface area contributed by atoms with Gasteiger partial charge in [0.1, 0.15) is 5.92 Å². The van der Waals surface area contributed by atoms with Crippen LogP contribution < -0.4 is 5.32 Å². The molecule has 166 valence electrons. The second-order valence-corrected chi connectivity index (χ2v) is 9.13. The summed E-state index contributed by atoms with van der Waals surface area (Å²) in [6.07, 6.45) is 0.939. The SMILES string of the molecule is CC[C@@H](C)OC(=O)C1=C(C)NC2=C(C(=O)[C@@H](C(=O)OC)[C@@H](C)C2)[C@H]1c1cccc(Br)c1. The third-order valence-electron chi connectivity index (χ3n) is 6.03. The van der Waals surface area contributed by atoms with Gasteiger partial charge in [0.05, 0.1) is 18.8 Å². The van der Waals surface area contributed by atoms with Gasteiger partial charge in [-0.3, -0.25) is 9.59 Å². The Morgan fingerprint density at radius 2 is 2.03 bits per heavy atom. The van der Waals surface area contributed by atoms with Gasteiger partial charge in [-0.1, -0.05) is 41.9 Å². The number of hydrogen-bond donors (Lipinski definition) is 1. The van der Waals surface area contributed by atoms with Crippen LogP contribution in [0.2, 0.25) is 0 Å². The molecule has 7 heteroatoms. The molecule has 0 aromatic heterocycles. The van der Waals surface area contributed by atoms with E-state index in [0.29, 0.717) is 29.7 Å². The average molecular weight is 490 g/mol. The number of dihydropyridines is 1. The van der Waals surface area contributed by atoms with Crippen molar-refractivity contribution < 1.29 is 23.9 Å². The fourth-order valence-electron chi connectivity index (χ4n) is 4.30. The fraction of sp³-hybridized carbons (Fsp3) is 0.458. The number of hydrogen-bond acceptors (Lipinski definition) is 6. The number of ketones is 1. The molecular formula is C24H28BrNO5. The summed E-state index contributed by atoms with van der Waals surface area (Å²) in [5.41, 5.74) is 3.02. The molecule has 0 amide bonds. The molecule has 6 nitrogen and oxygen atoms in total. The fourth-order valence-corrected chi connectivity index (χ4v) is 4.72. The number of Topliss-reactive ketones (excluding diaryl/α,β-unsaturated/α-hetero) is 1. The highest BCUT2D eigenvalue weighted by atomic mass is 79.9. The van der Waals surface area contributed by atoms with Crippen molar-refractivity contribution >= 4 is 33.7 Å². The molecule has 4 atom stereocenters. The van der Waals surface area contributed by atoms with Gasteiger partial charge >= 0.3 is 11.9 Å². The van der Waals surface area contributed by atoms with Gasteiger partial charge in [0.25, 0.3) is 0 Å². The van der Waals surface area contributed by atoms with Crippen molar-refractivity contribution in [3.05, 3.63) is 56.8 Å². The quantitative estimate of drug-likeness (QED) is 0.487. The first kappa shape index (κ1) is 23.3. The lowest BCUT2D eigenvalue weighted by Gasteiger charge is -2.38. The minimum absolute atomic E-state index is 0.212. The Labute approximate surface area is 191 Å². The monoisotopic (exact) mass is 489 g/mol. The smallest absolute Gasteiger partial charge is 0.337 e. The van der Waals surface area contributed by atoms with Crippen LogP contribution in [0.4, 0.5) is 0 Å². The van der Waals surface area contributed by atoms with Gasteiger partial charge in [0.2, 0.25) is 0 Å². The lowest BCUT2D eigenvalue weighted by atomic mass is 9.69. The Morgan fingerprint density at radius 1 is 1.32 bits per heavy atom. The highest BCUT2D eigenvalue weighted by Gasteiger charge is 2.47. The minimum atomic E-state index is -0.898. The third-order valence-corrected chi connectivity index (χ3v) is 6.52. The van der Waals surface area contributed by atoms with Crippen molar-refractivity contribution in [3.8, 4) is 0 Å². The van der Waals surface area contributed by atoms with Crippen LogP contribution in [0.5, 0.6) is 0 Å². The van der Waals surface area contributed by atoms with E-state index in [-0.39, 0.29) is 17.8 Å². The molecule has 0 spiro atoms. The molecule has 31 heavy (non-hydrogen) atoms. The number of halogens is 1. The summed E-state index contributed by atoms with van der Waals surface area (Å²) in [5, 5.41) is 3.27. The lowest BCUT2D eigenvalue weighted by molar-refractivity contribution is -0.151. The number of carbonyl (C=O) groups is 3. The summed E-state index contributed by atoms with van der Waals surface area (Å²) in [5.74, 6) is -3.05. The topological polar surface area (TPSA) is 81.7 Å². The standard InChI is InChI=1S/C24H28BrNO5/c1-6-13(3)31-24(29)19-14(4)26-17-10-12(2)18(23(28)30-5)22(27)21(17)20(19)15-8-7-9-16(25)11-15/h7-9,11-13,18,20,26H,6,10H2,1-5H3/t12-,13+,18-,20-/m0/s1. The van der Waals surface area contributed by atoms with Crippen LogP contribution in [0.1, 0.15) is 52.0 Å². The van der Waals surface area contributed by atoms with Gasteiger partial charge in [0.15, 0.2) is 5.78 Å². The zero-order valence-electron chi connectivity index (χ0n) is 18.5. The minimum Gasteiger partial charge on any atom is -0.468 e. The van der Waals surface area contributed by atoms with Crippen LogP contribution in [0, 0.1) is 11.8 Å². The zero-order chi connectivity index (χ0) is 22.9. The normalized spacial score (nSPS) is 24.3. The first-order chi connectivity index (χ1) is 14.7. The van der Waals surface area contributed by atoms with E-state index >= 15 is 0 Å². The van der Waals surface area contributed by atoms with E-state index in [1.165, 1.54) is 7.11 Å². The van der Waals surface area contributed by atoms with Crippen LogP contribution in [-0.4, -0.2) is 30.9 Å². The lowest BCUT2D eigenvalue weighted by Crippen LogP contribution is -2.43. The van der Waals surface area contributed by atoms with Crippen LogP contribution in [0.3, 0.4) is 0 Å². The number of allylic oxidation sites excluding steroid dienone is 3. The highest BCUT2D eigenvalue weighted by molar-refractivity contribution is 9.10. The maximum Gasteiger partial charge on any atom is 0.337 e. The van der Waals surface area contributed by atoms with E-state index in [2.05, 4.69) is 21.2 Å². The van der Waals surface area contributed by atoms with Crippen molar-refractivity contribution in [2.24, 2.45) is 11.8 Å². The van der Waals surface area contributed by atoms with Crippen molar-refractivity contribution in [3.63, 3.8) is 0 Å². The van der Waals surface area contributed by atoms with Gasteiger partial charge in [-0.25, -0.2) is 4.79 Å². The van der Waals surface area contributed by atoms with Crippen LogP contribution in [0.15, 0.2) is 51.3 Å². The molecule has 1 aromatic rings. The maximum atomic E-state index is 13.6. The molecular weight excluding hydrogens is 462 g/mol. The van der Waals surface area contributed by atoms with Gasteiger partial charge < -0.3 is 14.8 Å². The molecule has 2 aliphatic rings. The van der Waals surface area contributed by atoms with E-state index in [4.69, 9.17) is 9.47 Å². The first-order valence-electron chi connectivity index (χ1n) is 10.5. The summed E-state index contributed by atoms with van der Waals surface area (Å²) in [6, 6.07) is 7.52. The largest absolute Gasteiger partial charge is 0.468 e. The predicted molar refractivity (Wildman–Crippen MR) is 120 cm³/mol. The van der Waals surface area contributed by atoms with Gasteiger partial charge in [-0.05, 0) is 50.3 Å². The Kier molecular flexibility index (Phi) is 7.04. The number of nitrogens with one attached hydrogen (secondary N) is 1. The number of esters is 2. The summed E-state index contributed by atoms with van der Waals surface area (Å²) in [4.78, 5) is 39.2. The Bertz CT molecular complexity index is 980. The molecule has 0 radical (unpaired) electrons. The number of methoxy groups -OCH3 is 1. The van der Waals surface area contributed by atoms with E-state index in [1.807, 2.05) is 52.0 Å². The van der Waals surface area contributed by atoms with Crippen molar-refractivity contribution in [2.45, 2.75) is 52.6 Å². The molecule has 1 aliphatic carbocycles. The number of benzene rings is 1. The van der Waals surface area contributed by atoms with Crippen molar-refractivity contribution in [1.29, 1.82) is 0 Å². The summed E-state index contributed by atoms with van der Waals surface area (Å²) < 4.78 is 11.4. The van der Waals surface area contributed by atoms with Crippen LogP contribution in [0.25, 0.3) is 0 Å². The van der Waals surface area contributed by atoms with Crippen LogP contribution >= 0.6 is 15.9 Å². The van der Waals surface area contributed by atoms with Gasteiger partial charge in [0, 0.05) is 27.4 Å². The second-order valence-electron chi connectivity index (χ2n) is 8.21. The van der Waals surface area contributed by atoms with E-state index in [9.17, 15) is 14.4 Å². The molecule has 1 aliphatic heterocycles. The van der Waals surface area contributed by atoms with E-state index in [0.717, 1.165) is 15.7 Å². The van der Waals surface area contributed by atoms with Gasteiger partial charge in [-0.15, -0.1) is 0 Å². The molecule has 1 aromatic carbocycles. The number of carbonyl (C=O) groups excluding carboxylic acids is 3. The Morgan fingerprint density at radius 3 is 2.65 bits per heavy atom. The molecule has 0 bridgehead atoms. The predicted octanol–water partition coefficient (Wildman–Crippen LogP) is 4.40. The molecule has 0 saturated heterocycles. The Balaban J connectivity index is 2.17. The molecule has 1 N–H and O–H groups in total. The molecule has 0 unspecified atom stereocenters. The average Bonchev–Trinajstić information content (AvgIpc) is 2.72. The Hall–Kier alpha value is -2.41. The highest BCUT2D eigenvalue weighted by Crippen LogP contribution is 2.45. The van der Waals surface area contributed by atoms with Gasteiger partial charge in [-0.2, -0.15) is 0 Å². The van der Waals surface area contributed by atoms with E-state index in [1.54, 1.807) is 0 Å². The first-order valence-corrected chi connectivity index (χ1v) is 11.3. The second kappa shape index (κ2) is 9.39. The van der Waals surface area contributed by atoms with E-state index < -0.39 is 23.8 Å². The summed E-state index contributed by atoms with van der Waals surface area (Å²) >= 11 is 3.49. The maximum absolute atomic E-state index is 13.6. The van der Waals surface area contributed by atoms with Crippen molar-refractivity contribution in [1.82, 2.24) is 5.32 Å².